The molecule has 92 valence electrons. The summed E-state index contributed by atoms with van der Waals surface area (Å²) in [5.41, 5.74) is 1.15. The molecule has 0 bridgehead atoms. The highest BCUT2D eigenvalue weighted by molar-refractivity contribution is 5.98. The number of aromatic nitrogens is 2. The maximum atomic E-state index is 11.7. The maximum Gasteiger partial charge on any atom is 0.156 e. The summed E-state index contributed by atoms with van der Waals surface area (Å²) in [7, 11) is 0. The molecule has 0 atom stereocenters. The molecular formula is C14H20N2O. The molecule has 0 saturated heterocycles. The van der Waals surface area contributed by atoms with Crippen LogP contribution >= 0.6 is 0 Å². The molecule has 17 heavy (non-hydrogen) atoms. The van der Waals surface area contributed by atoms with Crippen molar-refractivity contribution in [3.63, 3.8) is 0 Å². The summed E-state index contributed by atoms with van der Waals surface area (Å²) in [5, 5.41) is 0. The molecule has 0 N–H and O–H groups in total. The van der Waals surface area contributed by atoms with Crippen LogP contribution in [0.25, 0.3) is 5.57 Å². The van der Waals surface area contributed by atoms with Crippen LogP contribution in [0.2, 0.25) is 0 Å². The average Bonchev–Trinajstić information content (AvgIpc) is 2.63. The molecule has 0 amide bonds. The quantitative estimate of drug-likeness (QED) is 0.802. The van der Waals surface area contributed by atoms with E-state index in [2.05, 4.69) is 30.3 Å². The molecule has 1 aliphatic carbocycles. The average molecular weight is 232 g/mol. The Labute approximate surface area is 103 Å². The Morgan fingerprint density at radius 3 is 2.82 bits per heavy atom. The van der Waals surface area contributed by atoms with E-state index in [9.17, 15) is 4.79 Å². The number of carbonyl (C=O) groups is 1. The van der Waals surface area contributed by atoms with Gasteiger partial charge in [-0.3, -0.25) is 4.79 Å². The van der Waals surface area contributed by atoms with E-state index >= 15 is 0 Å². The van der Waals surface area contributed by atoms with E-state index in [1.807, 2.05) is 12.4 Å². The van der Waals surface area contributed by atoms with Gasteiger partial charge in [-0.15, -0.1) is 0 Å². The molecule has 0 fully saturated rings. The number of imidazole rings is 1. The van der Waals surface area contributed by atoms with E-state index in [0.29, 0.717) is 6.42 Å². The number of carbonyl (C=O) groups excluding carboxylic acids is 1. The zero-order valence-electron chi connectivity index (χ0n) is 10.9. The first kappa shape index (κ1) is 12.1. The standard InChI is InChI=1S/C14H20N2O/c1-4-6-16-7-5-15-13(16)11-8-12(17)10-14(2,3)9-11/h5,7-8H,4,6,9-10H2,1-3H3. The molecule has 0 aliphatic heterocycles. The van der Waals surface area contributed by atoms with E-state index in [4.69, 9.17) is 0 Å². The molecule has 0 unspecified atom stereocenters. The highest BCUT2D eigenvalue weighted by atomic mass is 16.1. The third-order valence-corrected chi connectivity index (χ3v) is 3.12. The molecule has 1 heterocycles. The molecule has 1 aromatic heterocycles. The van der Waals surface area contributed by atoms with Gasteiger partial charge in [0.2, 0.25) is 0 Å². The van der Waals surface area contributed by atoms with Crippen molar-refractivity contribution in [3.8, 4) is 0 Å². The van der Waals surface area contributed by atoms with Gasteiger partial charge in [0.1, 0.15) is 5.82 Å². The highest BCUT2D eigenvalue weighted by Crippen LogP contribution is 2.37. The molecule has 1 aromatic rings. The second-order valence-electron chi connectivity index (χ2n) is 5.60. The van der Waals surface area contributed by atoms with Crippen molar-refractivity contribution < 1.29 is 4.79 Å². The van der Waals surface area contributed by atoms with Gasteiger partial charge in [0, 0.05) is 25.4 Å². The van der Waals surface area contributed by atoms with Gasteiger partial charge in [-0.2, -0.15) is 0 Å². The summed E-state index contributed by atoms with van der Waals surface area (Å²) < 4.78 is 2.14. The second-order valence-corrected chi connectivity index (χ2v) is 5.60. The zero-order chi connectivity index (χ0) is 12.5. The number of nitrogens with zero attached hydrogens (tertiary/aromatic N) is 2. The van der Waals surface area contributed by atoms with E-state index in [1.165, 1.54) is 0 Å². The lowest BCUT2D eigenvalue weighted by molar-refractivity contribution is -0.116. The van der Waals surface area contributed by atoms with E-state index in [-0.39, 0.29) is 11.2 Å². The third kappa shape index (κ3) is 2.65. The first-order valence-corrected chi connectivity index (χ1v) is 6.27. The topological polar surface area (TPSA) is 34.9 Å². The van der Waals surface area contributed by atoms with Crippen molar-refractivity contribution in [2.24, 2.45) is 5.41 Å². The van der Waals surface area contributed by atoms with Crippen LogP contribution in [-0.2, 0) is 11.3 Å². The van der Waals surface area contributed by atoms with Crippen LogP contribution < -0.4 is 0 Å². The molecular weight excluding hydrogens is 212 g/mol. The molecule has 0 spiro atoms. The second kappa shape index (κ2) is 4.47. The van der Waals surface area contributed by atoms with Crippen molar-refractivity contribution >= 4 is 11.4 Å². The van der Waals surface area contributed by atoms with Crippen molar-refractivity contribution in [3.05, 3.63) is 24.3 Å². The number of rotatable bonds is 3. The van der Waals surface area contributed by atoms with Crippen molar-refractivity contribution in [1.29, 1.82) is 0 Å². The molecule has 2 rings (SSSR count). The monoisotopic (exact) mass is 232 g/mol. The number of allylic oxidation sites excluding steroid dienone is 2. The fraction of sp³-hybridized carbons (Fsp3) is 0.571. The Bertz CT molecular complexity index is 455. The molecule has 3 nitrogen and oxygen atoms in total. The molecule has 1 aliphatic rings. The van der Waals surface area contributed by atoms with Crippen LogP contribution in [0.4, 0.5) is 0 Å². The third-order valence-electron chi connectivity index (χ3n) is 3.12. The van der Waals surface area contributed by atoms with Crippen LogP contribution in [-0.4, -0.2) is 15.3 Å². The summed E-state index contributed by atoms with van der Waals surface area (Å²) >= 11 is 0. The Kier molecular flexibility index (Phi) is 3.18. The normalized spacial score (nSPS) is 19.2. The predicted octanol–water partition coefficient (Wildman–Crippen LogP) is 3.07. The first-order valence-electron chi connectivity index (χ1n) is 6.27. The Morgan fingerprint density at radius 2 is 2.18 bits per heavy atom. The summed E-state index contributed by atoms with van der Waals surface area (Å²) in [6, 6.07) is 0. The SMILES string of the molecule is CCCn1ccnc1C1=CC(=O)CC(C)(C)C1. The number of aryl methyl sites for hydroxylation is 1. The lowest BCUT2D eigenvalue weighted by Crippen LogP contribution is -2.22. The highest BCUT2D eigenvalue weighted by Gasteiger charge is 2.29. The molecule has 3 heteroatoms. The van der Waals surface area contributed by atoms with Gasteiger partial charge >= 0.3 is 0 Å². The number of ketones is 1. The van der Waals surface area contributed by atoms with Gasteiger partial charge < -0.3 is 4.57 Å². The molecule has 0 aromatic carbocycles. The van der Waals surface area contributed by atoms with E-state index in [1.54, 1.807) is 6.08 Å². The van der Waals surface area contributed by atoms with Crippen LogP contribution in [0, 0.1) is 5.41 Å². The van der Waals surface area contributed by atoms with Crippen LogP contribution in [0.1, 0.15) is 45.9 Å². The molecule has 0 radical (unpaired) electrons. The summed E-state index contributed by atoms with van der Waals surface area (Å²) in [6.45, 7) is 7.39. The van der Waals surface area contributed by atoms with E-state index in [0.717, 1.165) is 30.8 Å². The van der Waals surface area contributed by atoms with Gasteiger partial charge in [0.25, 0.3) is 0 Å². The van der Waals surface area contributed by atoms with Crippen LogP contribution in [0.5, 0.6) is 0 Å². The van der Waals surface area contributed by atoms with E-state index < -0.39 is 0 Å². The molecule has 0 saturated carbocycles. The van der Waals surface area contributed by atoms with Gasteiger partial charge in [-0.1, -0.05) is 20.8 Å². The lowest BCUT2D eigenvalue weighted by atomic mass is 9.76. The smallest absolute Gasteiger partial charge is 0.156 e. The van der Waals surface area contributed by atoms with Gasteiger partial charge in [-0.25, -0.2) is 4.98 Å². The van der Waals surface area contributed by atoms with Gasteiger partial charge in [0.05, 0.1) is 0 Å². The zero-order valence-corrected chi connectivity index (χ0v) is 10.9. The minimum absolute atomic E-state index is 0.0597. The van der Waals surface area contributed by atoms with Crippen molar-refractivity contribution in [2.45, 2.75) is 46.6 Å². The van der Waals surface area contributed by atoms with Crippen LogP contribution in [0.15, 0.2) is 18.5 Å². The van der Waals surface area contributed by atoms with Gasteiger partial charge in [-0.05, 0) is 29.9 Å². The number of hydrogen-bond acceptors (Lipinski definition) is 2. The van der Waals surface area contributed by atoms with Crippen molar-refractivity contribution in [2.75, 3.05) is 0 Å². The Balaban J connectivity index is 2.33. The Hall–Kier alpha value is -1.38. The fourth-order valence-electron chi connectivity index (χ4n) is 2.51. The fourth-order valence-corrected chi connectivity index (χ4v) is 2.51. The minimum atomic E-state index is 0.0597. The number of hydrogen-bond donors (Lipinski definition) is 0. The minimum Gasteiger partial charge on any atom is -0.331 e. The summed E-state index contributed by atoms with van der Waals surface area (Å²) in [5.74, 6) is 1.19. The van der Waals surface area contributed by atoms with Gasteiger partial charge in [0.15, 0.2) is 5.78 Å². The maximum absolute atomic E-state index is 11.7. The van der Waals surface area contributed by atoms with Crippen LogP contribution in [0.3, 0.4) is 0 Å². The largest absolute Gasteiger partial charge is 0.331 e. The first-order chi connectivity index (χ1) is 8.02. The predicted molar refractivity (Wildman–Crippen MR) is 68.5 cm³/mol. The van der Waals surface area contributed by atoms with Crippen molar-refractivity contribution in [1.82, 2.24) is 9.55 Å². The summed E-state index contributed by atoms with van der Waals surface area (Å²) in [6.07, 6.45) is 8.24. The lowest BCUT2D eigenvalue weighted by Gasteiger charge is -2.28. The Morgan fingerprint density at radius 1 is 1.41 bits per heavy atom. The summed E-state index contributed by atoms with van der Waals surface area (Å²) in [4.78, 5) is 16.1.